The number of amides is 1. The summed E-state index contributed by atoms with van der Waals surface area (Å²) in [6.07, 6.45) is 3.22. The van der Waals surface area contributed by atoms with Crippen molar-refractivity contribution in [3.05, 3.63) is 50.7 Å². The topological polar surface area (TPSA) is 55.4 Å². The highest BCUT2D eigenvalue weighted by Gasteiger charge is 2.21. The Morgan fingerprint density at radius 2 is 2.00 bits per heavy atom. The minimum atomic E-state index is -0.413. The number of fused-ring (bicyclic) bond motifs is 1. The molecule has 132 valence electrons. The number of anilines is 1. The fraction of sp³-hybridized carbons (Fsp3) is 0.400. The van der Waals surface area contributed by atoms with Crippen LogP contribution in [-0.2, 0) is 22.4 Å². The summed E-state index contributed by atoms with van der Waals surface area (Å²) in [5.41, 5.74) is 4.01. The predicted molar refractivity (Wildman–Crippen MR) is 100 cm³/mol. The van der Waals surface area contributed by atoms with E-state index in [-0.39, 0.29) is 12.5 Å². The highest BCUT2D eigenvalue weighted by molar-refractivity contribution is 7.14. The normalized spacial score (nSPS) is 16.2. The minimum absolute atomic E-state index is 0.272. The highest BCUT2D eigenvalue weighted by atomic mass is 32.1. The first-order chi connectivity index (χ1) is 11.9. The Hall–Kier alpha value is -2.14. The van der Waals surface area contributed by atoms with Crippen LogP contribution in [0.5, 0.6) is 0 Å². The first kappa shape index (κ1) is 17.7. The molecule has 1 aliphatic carbocycles. The number of aryl methyl sites for hydroxylation is 3. The number of esters is 1. The first-order valence-corrected chi connectivity index (χ1v) is 9.40. The van der Waals surface area contributed by atoms with Gasteiger partial charge in [0.2, 0.25) is 0 Å². The molecule has 4 nitrogen and oxygen atoms in total. The number of carbonyl (C=O) groups excluding carboxylic acids is 2. The van der Waals surface area contributed by atoms with Crippen molar-refractivity contribution in [3.8, 4) is 0 Å². The molecule has 0 aliphatic heterocycles. The Morgan fingerprint density at radius 3 is 2.72 bits per heavy atom. The zero-order valence-corrected chi connectivity index (χ0v) is 15.7. The van der Waals surface area contributed by atoms with Gasteiger partial charge in [-0.3, -0.25) is 4.79 Å². The molecule has 1 amide bonds. The van der Waals surface area contributed by atoms with Crippen molar-refractivity contribution in [2.24, 2.45) is 5.92 Å². The number of hydrogen-bond acceptors (Lipinski definition) is 4. The second-order valence-corrected chi connectivity index (χ2v) is 7.93. The van der Waals surface area contributed by atoms with Crippen molar-refractivity contribution in [1.82, 2.24) is 0 Å². The van der Waals surface area contributed by atoms with Crippen molar-refractivity contribution in [2.45, 2.75) is 40.0 Å². The molecular weight excluding hydrogens is 334 g/mol. The van der Waals surface area contributed by atoms with E-state index < -0.39 is 5.97 Å². The lowest BCUT2D eigenvalue weighted by molar-refractivity contribution is -0.119. The summed E-state index contributed by atoms with van der Waals surface area (Å²) < 4.78 is 5.21. The lowest BCUT2D eigenvalue weighted by Gasteiger charge is -2.16. The van der Waals surface area contributed by atoms with Crippen molar-refractivity contribution in [3.63, 3.8) is 0 Å². The largest absolute Gasteiger partial charge is 0.451 e. The molecule has 0 fully saturated rings. The molecule has 0 saturated carbocycles. The molecule has 0 saturated heterocycles. The number of para-hydroxylation sites is 1. The fourth-order valence-electron chi connectivity index (χ4n) is 3.20. The molecule has 0 radical (unpaired) electrons. The van der Waals surface area contributed by atoms with E-state index in [1.807, 2.05) is 38.1 Å². The van der Waals surface area contributed by atoms with Crippen molar-refractivity contribution >= 4 is 28.9 Å². The molecule has 5 heteroatoms. The van der Waals surface area contributed by atoms with Crippen LogP contribution in [0.15, 0.2) is 24.3 Å². The van der Waals surface area contributed by atoms with Gasteiger partial charge in [0.25, 0.3) is 5.91 Å². The Labute approximate surface area is 152 Å². The van der Waals surface area contributed by atoms with Crippen LogP contribution < -0.4 is 5.32 Å². The number of thiophene rings is 1. The van der Waals surface area contributed by atoms with Gasteiger partial charge in [-0.2, -0.15) is 0 Å². The molecule has 1 aliphatic rings. The predicted octanol–water partition coefficient (Wildman–Crippen LogP) is 4.29. The van der Waals surface area contributed by atoms with Gasteiger partial charge >= 0.3 is 5.97 Å². The summed E-state index contributed by atoms with van der Waals surface area (Å²) >= 11 is 1.50. The van der Waals surface area contributed by atoms with Crippen LogP contribution in [0.2, 0.25) is 0 Å². The molecule has 1 aromatic carbocycles. The van der Waals surface area contributed by atoms with Crippen LogP contribution in [0.3, 0.4) is 0 Å². The first-order valence-electron chi connectivity index (χ1n) is 8.59. The molecule has 1 atom stereocenters. The second-order valence-electron chi connectivity index (χ2n) is 6.80. The van der Waals surface area contributed by atoms with Gasteiger partial charge in [-0.1, -0.05) is 25.1 Å². The van der Waals surface area contributed by atoms with Crippen molar-refractivity contribution in [1.29, 1.82) is 0 Å². The lowest BCUT2D eigenvalue weighted by atomic mass is 9.90. The molecule has 1 heterocycles. The Balaban J connectivity index is 1.58. The van der Waals surface area contributed by atoms with Crippen LogP contribution in [0.25, 0.3) is 0 Å². The second kappa shape index (κ2) is 7.40. The third kappa shape index (κ3) is 4.10. The zero-order valence-electron chi connectivity index (χ0n) is 14.8. The van der Waals surface area contributed by atoms with E-state index in [2.05, 4.69) is 12.2 Å². The third-order valence-corrected chi connectivity index (χ3v) is 5.83. The quantitative estimate of drug-likeness (QED) is 0.831. The minimum Gasteiger partial charge on any atom is -0.451 e. The summed E-state index contributed by atoms with van der Waals surface area (Å²) in [6, 6.07) is 7.75. The Bertz CT molecular complexity index is 789. The fourth-order valence-corrected chi connectivity index (χ4v) is 4.30. The molecule has 25 heavy (non-hydrogen) atoms. The monoisotopic (exact) mass is 357 g/mol. The molecule has 1 N–H and O–H groups in total. The number of carbonyl (C=O) groups is 2. The molecule has 3 rings (SSSR count). The molecular formula is C20H23NO3S. The Kier molecular flexibility index (Phi) is 5.23. The van der Waals surface area contributed by atoms with E-state index in [9.17, 15) is 9.59 Å². The van der Waals surface area contributed by atoms with Gasteiger partial charge in [0, 0.05) is 10.6 Å². The summed E-state index contributed by atoms with van der Waals surface area (Å²) in [4.78, 5) is 26.2. The number of rotatable bonds is 4. The molecule has 2 aromatic rings. The maximum absolute atomic E-state index is 12.2. The van der Waals surface area contributed by atoms with E-state index in [0.29, 0.717) is 10.8 Å². The summed E-state index contributed by atoms with van der Waals surface area (Å²) in [5.74, 6) is -0.0708. The van der Waals surface area contributed by atoms with E-state index in [1.54, 1.807) is 0 Å². The highest BCUT2D eigenvalue weighted by Crippen LogP contribution is 2.32. The maximum Gasteiger partial charge on any atom is 0.348 e. The number of nitrogens with one attached hydrogen (secondary N) is 1. The van der Waals surface area contributed by atoms with E-state index in [0.717, 1.165) is 29.7 Å². The summed E-state index contributed by atoms with van der Waals surface area (Å²) in [7, 11) is 0. The average molecular weight is 357 g/mol. The van der Waals surface area contributed by atoms with Gasteiger partial charge in [-0.25, -0.2) is 4.79 Å². The van der Waals surface area contributed by atoms with Crippen LogP contribution in [0.4, 0.5) is 5.69 Å². The van der Waals surface area contributed by atoms with E-state index >= 15 is 0 Å². The number of hydrogen-bond donors (Lipinski definition) is 1. The molecule has 0 spiro atoms. The molecule has 0 bridgehead atoms. The van der Waals surface area contributed by atoms with Crippen LogP contribution >= 0.6 is 11.3 Å². The van der Waals surface area contributed by atoms with Crippen molar-refractivity contribution in [2.75, 3.05) is 11.9 Å². The number of ether oxygens (including phenoxy) is 1. The standard InChI is InChI=1S/C20H23NO3S/c1-12-7-8-16-15(9-12)10-17(25-16)20(23)24-11-18(22)21-19-13(2)5-4-6-14(19)3/h4-6,10,12H,7-9,11H2,1-3H3,(H,21,22)/t12-/m1/s1. The summed E-state index contributed by atoms with van der Waals surface area (Å²) in [5, 5.41) is 2.83. The third-order valence-electron chi connectivity index (χ3n) is 4.61. The smallest absolute Gasteiger partial charge is 0.348 e. The van der Waals surface area contributed by atoms with Gasteiger partial charge in [-0.05, 0) is 61.8 Å². The Morgan fingerprint density at radius 1 is 1.28 bits per heavy atom. The zero-order chi connectivity index (χ0) is 18.0. The van der Waals surface area contributed by atoms with E-state index in [4.69, 9.17) is 4.74 Å². The van der Waals surface area contributed by atoms with Gasteiger partial charge in [0.1, 0.15) is 4.88 Å². The van der Waals surface area contributed by atoms with Crippen LogP contribution in [-0.4, -0.2) is 18.5 Å². The van der Waals surface area contributed by atoms with Gasteiger partial charge in [-0.15, -0.1) is 11.3 Å². The average Bonchev–Trinajstić information content (AvgIpc) is 2.99. The van der Waals surface area contributed by atoms with Crippen LogP contribution in [0.1, 0.15) is 44.6 Å². The van der Waals surface area contributed by atoms with E-state index in [1.165, 1.54) is 28.2 Å². The van der Waals surface area contributed by atoms with Crippen molar-refractivity contribution < 1.29 is 14.3 Å². The molecule has 1 aromatic heterocycles. The summed E-state index contributed by atoms with van der Waals surface area (Å²) in [6.45, 7) is 5.83. The molecule has 0 unspecified atom stereocenters. The van der Waals surface area contributed by atoms with Gasteiger partial charge in [0.15, 0.2) is 6.61 Å². The SMILES string of the molecule is Cc1cccc(C)c1NC(=O)COC(=O)c1cc2c(s1)CC[C@@H](C)C2. The van der Waals surface area contributed by atoms with Crippen LogP contribution in [0, 0.1) is 19.8 Å². The lowest BCUT2D eigenvalue weighted by Crippen LogP contribution is -2.21. The maximum atomic E-state index is 12.2. The number of benzene rings is 1. The van der Waals surface area contributed by atoms with Gasteiger partial charge in [0.05, 0.1) is 0 Å². The van der Waals surface area contributed by atoms with Gasteiger partial charge < -0.3 is 10.1 Å².